The van der Waals surface area contributed by atoms with E-state index in [0.29, 0.717) is 24.4 Å². The monoisotopic (exact) mass is 393 g/mol. The van der Waals surface area contributed by atoms with Gasteiger partial charge in [-0.15, -0.1) is 0 Å². The standard InChI is InChI=1S/C23H27N3O3/c1-17-7-8-21-18(12-17)13-19(23(28)24-21)14-26(15-20-6-5-11-29-20)22(27)16-25-9-3-2-4-10-25/h5-8,11-13H,2-4,9-10,14-16H2,1H3,(H,24,28). The van der Waals surface area contributed by atoms with Crippen molar-refractivity contribution in [3.8, 4) is 0 Å². The van der Waals surface area contributed by atoms with Crippen LogP contribution in [-0.2, 0) is 17.9 Å². The second kappa shape index (κ2) is 8.66. The Morgan fingerprint density at radius 3 is 2.72 bits per heavy atom. The number of fused-ring (bicyclic) bond motifs is 1. The summed E-state index contributed by atoms with van der Waals surface area (Å²) in [6, 6.07) is 11.5. The molecule has 1 aliphatic rings. The Kier molecular flexibility index (Phi) is 5.81. The molecule has 0 atom stereocenters. The number of aryl methyl sites for hydroxylation is 1. The van der Waals surface area contributed by atoms with E-state index in [-0.39, 0.29) is 18.0 Å². The molecule has 0 spiro atoms. The number of nitrogens with one attached hydrogen (secondary N) is 1. The minimum Gasteiger partial charge on any atom is -0.467 e. The largest absolute Gasteiger partial charge is 0.467 e. The van der Waals surface area contributed by atoms with Crippen LogP contribution in [0.3, 0.4) is 0 Å². The van der Waals surface area contributed by atoms with Crippen molar-refractivity contribution in [3.63, 3.8) is 0 Å². The molecule has 29 heavy (non-hydrogen) atoms. The Balaban J connectivity index is 1.58. The Hall–Kier alpha value is -2.86. The van der Waals surface area contributed by atoms with Crippen LogP contribution in [0.2, 0.25) is 0 Å². The van der Waals surface area contributed by atoms with Crippen molar-refractivity contribution in [1.29, 1.82) is 0 Å². The summed E-state index contributed by atoms with van der Waals surface area (Å²) in [5.41, 5.74) is 2.36. The van der Waals surface area contributed by atoms with Crippen LogP contribution in [-0.4, -0.2) is 40.3 Å². The number of likely N-dealkylation sites (tertiary alicyclic amines) is 1. The molecule has 3 heterocycles. The van der Waals surface area contributed by atoms with Crippen molar-refractivity contribution in [2.24, 2.45) is 0 Å². The minimum absolute atomic E-state index is 0.0204. The van der Waals surface area contributed by atoms with Gasteiger partial charge in [-0.3, -0.25) is 14.5 Å². The van der Waals surface area contributed by atoms with Gasteiger partial charge in [0.2, 0.25) is 5.91 Å². The van der Waals surface area contributed by atoms with Crippen LogP contribution in [0, 0.1) is 6.92 Å². The zero-order valence-corrected chi connectivity index (χ0v) is 16.8. The normalized spacial score (nSPS) is 14.9. The summed E-state index contributed by atoms with van der Waals surface area (Å²) in [5, 5.41) is 0.973. The predicted octanol–water partition coefficient (Wildman–Crippen LogP) is 3.44. The van der Waals surface area contributed by atoms with E-state index >= 15 is 0 Å². The number of H-pyrrole nitrogens is 1. The highest BCUT2D eigenvalue weighted by molar-refractivity contribution is 5.80. The zero-order chi connectivity index (χ0) is 20.2. The van der Waals surface area contributed by atoms with Gasteiger partial charge < -0.3 is 14.3 Å². The number of aromatic nitrogens is 1. The number of piperidine rings is 1. The van der Waals surface area contributed by atoms with Gasteiger partial charge in [0.05, 0.1) is 25.9 Å². The molecule has 0 saturated carbocycles. The van der Waals surface area contributed by atoms with Crippen LogP contribution in [0.1, 0.15) is 36.1 Å². The average molecular weight is 393 g/mol. The summed E-state index contributed by atoms with van der Waals surface area (Å²) < 4.78 is 5.46. The molecular weight excluding hydrogens is 366 g/mol. The van der Waals surface area contributed by atoms with Gasteiger partial charge in [-0.05, 0) is 68.6 Å². The number of carbonyl (C=O) groups excluding carboxylic acids is 1. The Bertz CT molecular complexity index is 1030. The van der Waals surface area contributed by atoms with Gasteiger partial charge in [-0.2, -0.15) is 0 Å². The van der Waals surface area contributed by atoms with Crippen molar-refractivity contribution in [3.05, 3.63) is 69.9 Å². The second-order valence-corrected chi connectivity index (χ2v) is 7.88. The quantitative estimate of drug-likeness (QED) is 0.696. The molecule has 1 amide bonds. The second-order valence-electron chi connectivity index (χ2n) is 7.88. The highest BCUT2D eigenvalue weighted by Crippen LogP contribution is 2.16. The van der Waals surface area contributed by atoms with Crippen molar-refractivity contribution < 1.29 is 9.21 Å². The van der Waals surface area contributed by atoms with E-state index in [1.54, 1.807) is 11.2 Å². The smallest absolute Gasteiger partial charge is 0.253 e. The molecule has 0 bridgehead atoms. The van der Waals surface area contributed by atoms with E-state index < -0.39 is 0 Å². The third-order valence-electron chi connectivity index (χ3n) is 5.52. The lowest BCUT2D eigenvalue weighted by molar-refractivity contribution is -0.134. The summed E-state index contributed by atoms with van der Waals surface area (Å²) in [4.78, 5) is 32.6. The molecule has 1 saturated heterocycles. The lowest BCUT2D eigenvalue weighted by Gasteiger charge is -2.29. The highest BCUT2D eigenvalue weighted by atomic mass is 16.3. The van der Waals surface area contributed by atoms with Gasteiger partial charge >= 0.3 is 0 Å². The third kappa shape index (κ3) is 4.77. The molecule has 2 aromatic heterocycles. The van der Waals surface area contributed by atoms with E-state index in [0.717, 1.165) is 42.4 Å². The topological polar surface area (TPSA) is 69.5 Å². The number of aromatic amines is 1. The van der Waals surface area contributed by atoms with Gasteiger partial charge in [0, 0.05) is 11.1 Å². The maximum Gasteiger partial charge on any atom is 0.253 e. The molecule has 152 valence electrons. The van der Waals surface area contributed by atoms with Gasteiger partial charge in [0.1, 0.15) is 5.76 Å². The van der Waals surface area contributed by atoms with Crippen LogP contribution in [0.5, 0.6) is 0 Å². The van der Waals surface area contributed by atoms with E-state index in [1.165, 1.54) is 6.42 Å². The maximum atomic E-state index is 13.1. The van der Waals surface area contributed by atoms with E-state index in [4.69, 9.17) is 4.42 Å². The summed E-state index contributed by atoms with van der Waals surface area (Å²) in [5.74, 6) is 0.733. The van der Waals surface area contributed by atoms with Gasteiger partial charge in [-0.25, -0.2) is 0 Å². The lowest BCUT2D eigenvalue weighted by atomic mass is 10.1. The Labute approximate surface area is 170 Å². The first-order valence-corrected chi connectivity index (χ1v) is 10.2. The van der Waals surface area contributed by atoms with E-state index in [1.807, 2.05) is 43.3 Å². The molecule has 3 aromatic rings. The van der Waals surface area contributed by atoms with E-state index in [9.17, 15) is 9.59 Å². The molecule has 1 aliphatic heterocycles. The van der Waals surface area contributed by atoms with Crippen LogP contribution in [0.15, 0.2) is 51.9 Å². The first kappa shape index (κ1) is 19.5. The van der Waals surface area contributed by atoms with Gasteiger partial charge in [-0.1, -0.05) is 18.1 Å². The number of furan rings is 1. The fraction of sp³-hybridized carbons (Fsp3) is 0.391. The minimum atomic E-state index is -0.156. The Morgan fingerprint density at radius 1 is 1.14 bits per heavy atom. The first-order valence-electron chi connectivity index (χ1n) is 10.2. The number of pyridine rings is 1. The van der Waals surface area contributed by atoms with Crippen molar-refractivity contribution in [2.75, 3.05) is 19.6 Å². The molecule has 1 fully saturated rings. The zero-order valence-electron chi connectivity index (χ0n) is 16.8. The fourth-order valence-electron chi connectivity index (χ4n) is 3.93. The number of hydrogen-bond donors (Lipinski definition) is 1. The van der Waals surface area contributed by atoms with Crippen molar-refractivity contribution >= 4 is 16.8 Å². The van der Waals surface area contributed by atoms with Crippen LogP contribution >= 0.6 is 0 Å². The van der Waals surface area contributed by atoms with Crippen molar-refractivity contribution in [2.45, 2.75) is 39.3 Å². The molecule has 0 radical (unpaired) electrons. The molecule has 0 unspecified atom stereocenters. The average Bonchev–Trinajstić information content (AvgIpc) is 3.22. The summed E-state index contributed by atoms with van der Waals surface area (Å²) in [7, 11) is 0. The van der Waals surface area contributed by atoms with Crippen LogP contribution in [0.4, 0.5) is 0 Å². The predicted molar refractivity (Wildman–Crippen MR) is 113 cm³/mol. The fourth-order valence-corrected chi connectivity index (χ4v) is 3.93. The molecular formula is C23H27N3O3. The summed E-state index contributed by atoms with van der Waals surface area (Å²) >= 11 is 0. The molecule has 6 heteroatoms. The third-order valence-corrected chi connectivity index (χ3v) is 5.52. The lowest BCUT2D eigenvalue weighted by Crippen LogP contribution is -2.42. The van der Waals surface area contributed by atoms with Crippen molar-refractivity contribution in [1.82, 2.24) is 14.8 Å². The van der Waals surface area contributed by atoms with Gasteiger partial charge in [0.15, 0.2) is 0 Å². The molecule has 0 aliphatic carbocycles. The molecule has 6 nitrogen and oxygen atoms in total. The number of carbonyl (C=O) groups is 1. The summed E-state index contributed by atoms with van der Waals surface area (Å²) in [6.07, 6.45) is 5.10. The van der Waals surface area contributed by atoms with Crippen LogP contribution < -0.4 is 5.56 Å². The number of amides is 1. The first-order chi connectivity index (χ1) is 14.1. The van der Waals surface area contributed by atoms with Crippen LogP contribution in [0.25, 0.3) is 10.9 Å². The maximum absolute atomic E-state index is 13.1. The molecule has 1 aromatic carbocycles. The number of hydrogen-bond acceptors (Lipinski definition) is 4. The highest BCUT2D eigenvalue weighted by Gasteiger charge is 2.21. The number of rotatable bonds is 6. The number of nitrogens with zero attached hydrogens (tertiary/aromatic N) is 2. The molecule has 4 rings (SSSR count). The molecule has 1 N–H and O–H groups in total. The summed E-state index contributed by atoms with van der Waals surface area (Å²) in [6.45, 7) is 4.92. The van der Waals surface area contributed by atoms with E-state index in [2.05, 4.69) is 9.88 Å². The SMILES string of the molecule is Cc1ccc2[nH]c(=O)c(CN(Cc3ccco3)C(=O)CN3CCCCC3)cc2c1. The number of benzene rings is 1. The van der Waals surface area contributed by atoms with Gasteiger partial charge in [0.25, 0.3) is 5.56 Å². The Morgan fingerprint density at radius 2 is 1.97 bits per heavy atom.